The molecule has 1 rings (SSSR count). The normalized spacial score (nSPS) is 10.4. The summed E-state index contributed by atoms with van der Waals surface area (Å²) in [7, 11) is 0. The number of halogens is 1. The number of rotatable bonds is 7. The molecular formula is C11H19FN4O. The monoisotopic (exact) mass is 242 g/mol. The first-order valence-corrected chi connectivity index (χ1v) is 5.85. The van der Waals surface area contributed by atoms with Gasteiger partial charge in [-0.3, -0.25) is 0 Å². The summed E-state index contributed by atoms with van der Waals surface area (Å²) in [4.78, 5) is 9.68. The molecule has 6 heteroatoms. The van der Waals surface area contributed by atoms with Crippen LogP contribution >= 0.6 is 0 Å². The molecule has 0 unspecified atom stereocenters. The molecule has 1 heterocycles. The lowest BCUT2D eigenvalue weighted by atomic mass is 10.4. The molecule has 2 N–H and O–H groups in total. The Morgan fingerprint density at radius 1 is 1.41 bits per heavy atom. The molecule has 0 bridgehead atoms. The Morgan fingerprint density at radius 2 is 2.18 bits per heavy atom. The third-order valence-corrected chi connectivity index (χ3v) is 2.22. The van der Waals surface area contributed by atoms with Crippen LogP contribution in [0.15, 0.2) is 6.20 Å². The molecule has 17 heavy (non-hydrogen) atoms. The van der Waals surface area contributed by atoms with Gasteiger partial charge in [-0.2, -0.15) is 4.98 Å². The van der Waals surface area contributed by atoms with Crippen molar-refractivity contribution in [3.63, 3.8) is 0 Å². The van der Waals surface area contributed by atoms with E-state index in [-0.39, 0.29) is 12.4 Å². The van der Waals surface area contributed by atoms with Gasteiger partial charge in [0, 0.05) is 19.6 Å². The maximum absolute atomic E-state index is 13.6. The van der Waals surface area contributed by atoms with Gasteiger partial charge in [0.05, 0.1) is 12.8 Å². The third kappa shape index (κ3) is 3.81. The summed E-state index contributed by atoms with van der Waals surface area (Å²) in [6.07, 6.45) is 2.01. The highest BCUT2D eigenvalue weighted by Crippen LogP contribution is 2.17. The standard InChI is InChI=1S/C11H19FN4O/c1-3-5-16(6-7-17)10-9(12)8-14-11(15-10)13-4-2/h8,17H,3-7H2,1-2H3,(H,13,14,15). The van der Waals surface area contributed by atoms with Crippen LogP contribution in [0.1, 0.15) is 20.3 Å². The second-order valence-corrected chi connectivity index (χ2v) is 3.61. The zero-order chi connectivity index (χ0) is 12.7. The summed E-state index contributed by atoms with van der Waals surface area (Å²) < 4.78 is 13.6. The van der Waals surface area contributed by atoms with E-state index < -0.39 is 5.82 Å². The van der Waals surface area contributed by atoms with E-state index in [0.717, 1.165) is 12.6 Å². The van der Waals surface area contributed by atoms with E-state index in [1.54, 1.807) is 4.90 Å². The van der Waals surface area contributed by atoms with Gasteiger partial charge in [0.1, 0.15) is 0 Å². The van der Waals surface area contributed by atoms with Crippen LogP contribution in [0.25, 0.3) is 0 Å². The minimum Gasteiger partial charge on any atom is -0.395 e. The van der Waals surface area contributed by atoms with E-state index >= 15 is 0 Å². The molecule has 0 fully saturated rings. The first-order chi connectivity index (χ1) is 8.22. The first-order valence-electron chi connectivity index (χ1n) is 5.85. The second kappa shape index (κ2) is 7.01. The Bertz CT molecular complexity index is 342. The predicted octanol–water partition coefficient (Wildman–Crippen LogP) is 1.26. The number of hydrogen-bond acceptors (Lipinski definition) is 5. The third-order valence-electron chi connectivity index (χ3n) is 2.22. The smallest absolute Gasteiger partial charge is 0.224 e. The lowest BCUT2D eigenvalue weighted by Gasteiger charge is -2.22. The van der Waals surface area contributed by atoms with Gasteiger partial charge in [0.15, 0.2) is 11.6 Å². The van der Waals surface area contributed by atoms with Crippen LogP contribution in [0.5, 0.6) is 0 Å². The molecule has 1 aromatic rings. The van der Waals surface area contributed by atoms with Crippen molar-refractivity contribution in [3.8, 4) is 0 Å². The molecule has 1 aromatic heterocycles. The predicted molar refractivity (Wildman–Crippen MR) is 65.7 cm³/mol. The Hall–Kier alpha value is -1.43. The number of aliphatic hydroxyl groups is 1. The number of nitrogens with one attached hydrogen (secondary N) is 1. The summed E-state index contributed by atoms with van der Waals surface area (Å²) in [5.74, 6) is 0.184. The van der Waals surface area contributed by atoms with Crippen LogP contribution in [-0.2, 0) is 0 Å². The fourth-order valence-electron chi connectivity index (χ4n) is 1.54. The van der Waals surface area contributed by atoms with Crippen molar-refractivity contribution in [1.29, 1.82) is 0 Å². The summed E-state index contributed by atoms with van der Waals surface area (Å²) in [5.41, 5.74) is 0. The number of nitrogens with zero attached hydrogens (tertiary/aromatic N) is 3. The second-order valence-electron chi connectivity index (χ2n) is 3.61. The summed E-state index contributed by atoms with van der Waals surface area (Å²) in [6, 6.07) is 0. The number of hydrogen-bond donors (Lipinski definition) is 2. The molecule has 0 aliphatic rings. The van der Waals surface area contributed by atoms with Crippen LogP contribution in [-0.4, -0.2) is 41.3 Å². The topological polar surface area (TPSA) is 61.3 Å². The van der Waals surface area contributed by atoms with Crippen LogP contribution in [0, 0.1) is 5.82 Å². The van der Waals surface area contributed by atoms with Gasteiger partial charge in [-0.1, -0.05) is 6.92 Å². The lowest BCUT2D eigenvalue weighted by Crippen LogP contribution is -2.29. The zero-order valence-electron chi connectivity index (χ0n) is 10.3. The van der Waals surface area contributed by atoms with Crippen molar-refractivity contribution in [2.75, 3.05) is 36.5 Å². The SMILES string of the molecule is CCCN(CCO)c1nc(NCC)ncc1F. The minimum absolute atomic E-state index is 0.0278. The highest BCUT2D eigenvalue weighted by molar-refractivity contribution is 5.43. The summed E-state index contributed by atoms with van der Waals surface area (Å²) >= 11 is 0. The van der Waals surface area contributed by atoms with Crippen LogP contribution in [0.3, 0.4) is 0 Å². The van der Waals surface area contributed by atoms with Gasteiger partial charge in [-0.15, -0.1) is 0 Å². The Balaban J connectivity index is 2.94. The molecule has 0 amide bonds. The van der Waals surface area contributed by atoms with E-state index in [9.17, 15) is 4.39 Å². The summed E-state index contributed by atoms with van der Waals surface area (Å²) in [5, 5.41) is 11.9. The molecule has 0 aromatic carbocycles. The Morgan fingerprint density at radius 3 is 2.76 bits per heavy atom. The van der Waals surface area contributed by atoms with Gasteiger partial charge in [0.25, 0.3) is 0 Å². The molecule has 0 spiro atoms. The van der Waals surface area contributed by atoms with Gasteiger partial charge >= 0.3 is 0 Å². The quantitative estimate of drug-likeness (QED) is 0.753. The average molecular weight is 242 g/mol. The maximum atomic E-state index is 13.6. The average Bonchev–Trinajstić information content (AvgIpc) is 2.32. The van der Waals surface area contributed by atoms with E-state index in [1.807, 2.05) is 13.8 Å². The van der Waals surface area contributed by atoms with Crippen LogP contribution in [0.4, 0.5) is 16.2 Å². The molecule has 0 radical (unpaired) electrons. The fourth-order valence-corrected chi connectivity index (χ4v) is 1.54. The molecule has 0 aliphatic heterocycles. The Labute approximate surface area is 101 Å². The van der Waals surface area contributed by atoms with Crippen molar-refractivity contribution < 1.29 is 9.50 Å². The van der Waals surface area contributed by atoms with Gasteiger partial charge < -0.3 is 15.3 Å². The lowest BCUT2D eigenvalue weighted by molar-refractivity contribution is 0.301. The first kappa shape index (κ1) is 13.6. The van der Waals surface area contributed by atoms with Gasteiger partial charge in [-0.05, 0) is 13.3 Å². The van der Waals surface area contributed by atoms with E-state index in [2.05, 4.69) is 15.3 Å². The van der Waals surface area contributed by atoms with E-state index in [4.69, 9.17) is 5.11 Å². The minimum atomic E-state index is -0.464. The van der Waals surface area contributed by atoms with E-state index in [1.165, 1.54) is 0 Å². The molecule has 0 aliphatic carbocycles. The van der Waals surface area contributed by atoms with Crippen molar-refractivity contribution >= 4 is 11.8 Å². The number of anilines is 2. The van der Waals surface area contributed by atoms with Crippen molar-refractivity contribution in [2.24, 2.45) is 0 Å². The Kier molecular flexibility index (Phi) is 5.62. The molecule has 0 saturated heterocycles. The van der Waals surface area contributed by atoms with Crippen LogP contribution < -0.4 is 10.2 Å². The molecule has 0 atom stereocenters. The highest BCUT2D eigenvalue weighted by atomic mass is 19.1. The summed E-state index contributed by atoms with van der Waals surface area (Å²) in [6.45, 7) is 5.59. The fraction of sp³-hybridized carbons (Fsp3) is 0.636. The number of aromatic nitrogens is 2. The number of aliphatic hydroxyl groups excluding tert-OH is 1. The molecule has 96 valence electrons. The maximum Gasteiger partial charge on any atom is 0.224 e. The molecule has 0 saturated carbocycles. The van der Waals surface area contributed by atoms with Crippen LogP contribution in [0.2, 0.25) is 0 Å². The van der Waals surface area contributed by atoms with E-state index in [0.29, 0.717) is 25.6 Å². The van der Waals surface area contributed by atoms with Crippen molar-refractivity contribution in [1.82, 2.24) is 9.97 Å². The molecule has 5 nitrogen and oxygen atoms in total. The van der Waals surface area contributed by atoms with Gasteiger partial charge in [-0.25, -0.2) is 9.37 Å². The molecular weight excluding hydrogens is 223 g/mol. The highest BCUT2D eigenvalue weighted by Gasteiger charge is 2.13. The zero-order valence-corrected chi connectivity index (χ0v) is 10.3. The van der Waals surface area contributed by atoms with Crippen molar-refractivity contribution in [2.45, 2.75) is 20.3 Å². The van der Waals surface area contributed by atoms with Gasteiger partial charge in [0.2, 0.25) is 5.95 Å². The van der Waals surface area contributed by atoms with Crippen molar-refractivity contribution in [3.05, 3.63) is 12.0 Å². The largest absolute Gasteiger partial charge is 0.395 e.